The van der Waals surface area contributed by atoms with Gasteiger partial charge < -0.3 is 5.32 Å². The van der Waals surface area contributed by atoms with E-state index in [1.807, 2.05) is 42.5 Å². The standard InChI is InChI=1S/C22H23N3O3S/c1-18(26)24-20-10-12-22(13-11-20)29(27,28)25(17-21-9-5-6-15-23-21)16-14-19-7-3-2-4-8-19/h2-13,15H,14,16-17H2,1H3,(H,24,26). The maximum absolute atomic E-state index is 13.3. The summed E-state index contributed by atoms with van der Waals surface area (Å²) in [6, 6.07) is 21.4. The van der Waals surface area contributed by atoms with Crippen molar-refractivity contribution in [2.24, 2.45) is 0 Å². The Bertz CT molecular complexity index is 1040. The quantitative estimate of drug-likeness (QED) is 0.618. The van der Waals surface area contributed by atoms with Gasteiger partial charge in [0.25, 0.3) is 0 Å². The minimum atomic E-state index is -3.73. The van der Waals surface area contributed by atoms with Gasteiger partial charge in [-0.15, -0.1) is 0 Å². The van der Waals surface area contributed by atoms with Gasteiger partial charge in [-0.25, -0.2) is 8.42 Å². The molecule has 0 fully saturated rings. The first kappa shape index (κ1) is 20.7. The molecule has 1 N–H and O–H groups in total. The topological polar surface area (TPSA) is 79.4 Å². The second-order valence-corrected chi connectivity index (χ2v) is 8.54. The Labute approximate surface area is 171 Å². The number of hydrogen-bond acceptors (Lipinski definition) is 4. The van der Waals surface area contributed by atoms with Crippen LogP contribution in [0.2, 0.25) is 0 Å². The monoisotopic (exact) mass is 409 g/mol. The lowest BCUT2D eigenvalue weighted by molar-refractivity contribution is -0.114. The highest BCUT2D eigenvalue weighted by atomic mass is 32.2. The van der Waals surface area contributed by atoms with Crippen molar-refractivity contribution in [2.75, 3.05) is 11.9 Å². The van der Waals surface area contributed by atoms with Crippen LogP contribution in [0.3, 0.4) is 0 Å². The molecule has 0 aliphatic carbocycles. The number of anilines is 1. The van der Waals surface area contributed by atoms with E-state index in [4.69, 9.17) is 0 Å². The Hall–Kier alpha value is -3.03. The summed E-state index contributed by atoms with van der Waals surface area (Å²) in [7, 11) is -3.73. The second kappa shape index (κ2) is 9.45. The molecule has 6 nitrogen and oxygen atoms in total. The number of benzene rings is 2. The minimum Gasteiger partial charge on any atom is -0.326 e. The number of carbonyl (C=O) groups excluding carboxylic acids is 1. The largest absolute Gasteiger partial charge is 0.326 e. The van der Waals surface area contributed by atoms with Crippen molar-refractivity contribution in [2.45, 2.75) is 24.8 Å². The van der Waals surface area contributed by atoms with E-state index in [0.29, 0.717) is 24.3 Å². The van der Waals surface area contributed by atoms with E-state index >= 15 is 0 Å². The first-order valence-corrected chi connectivity index (χ1v) is 10.7. The maximum Gasteiger partial charge on any atom is 0.243 e. The fourth-order valence-corrected chi connectivity index (χ4v) is 4.33. The van der Waals surface area contributed by atoms with E-state index in [-0.39, 0.29) is 17.3 Å². The molecule has 0 saturated carbocycles. The summed E-state index contributed by atoms with van der Waals surface area (Å²) in [4.78, 5) is 15.6. The Morgan fingerprint density at radius 3 is 2.28 bits per heavy atom. The highest BCUT2D eigenvalue weighted by Gasteiger charge is 2.25. The molecule has 0 aliphatic rings. The molecule has 1 heterocycles. The predicted molar refractivity (Wildman–Crippen MR) is 113 cm³/mol. The number of carbonyl (C=O) groups is 1. The molecular formula is C22H23N3O3S. The number of aromatic nitrogens is 1. The van der Waals surface area contributed by atoms with Crippen LogP contribution >= 0.6 is 0 Å². The van der Waals surface area contributed by atoms with Gasteiger partial charge in [0.1, 0.15) is 0 Å². The molecule has 29 heavy (non-hydrogen) atoms. The molecule has 0 saturated heterocycles. The van der Waals surface area contributed by atoms with Crippen molar-refractivity contribution >= 4 is 21.6 Å². The van der Waals surface area contributed by atoms with Crippen molar-refractivity contribution in [3.8, 4) is 0 Å². The molecule has 1 aromatic heterocycles. The number of hydrogen-bond donors (Lipinski definition) is 1. The van der Waals surface area contributed by atoms with Crippen LogP contribution in [0, 0.1) is 0 Å². The number of nitrogens with zero attached hydrogens (tertiary/aromatic N) is 2. The SMILES string of the molecule is CC(=O)Nc1ccc(S(=O)(=O)N(CCc2ccccc2)Cc2ccccn2)cc1. The molecule has 0 aliphatic heterocycles. The summed E-state index contributed by atoms with van der Waals surface area (Å²) in [5, 5.41) is 2.64. The summed E-state index contributed by atoms with van der Waals surface area (Å²) < 4.78 is 28.0. The van der Waals surface area contributed by atoms with Crippen LogP contribution in [0.1, 0.15) is 18.2 Å². The van der Waals surface area contributed by atoms with E-state index in [1.54, 1.807) is 24.4 Å². The van der Waals surface area contributed by atoms with Crippen molar-refractivity contribution < 1.29 is 13.2 Å². The van der Waals surface area contributed by atoms with E-state index in [9.17, 15) is 13.2 Å². The van der Waals surface area contributed by atoms with Crippen LogP contribution in [-0.2, 0) is 27.8 Å². The molecule has 3 aromatic rings. The zero-order valence-electron chi connectivity index (χ0n) is 16.2. The Balaban J connectivity index is 1.85. The van der Waals surface area contributed by atoms with Crippen LogP contribution in [0.25, 0.3) is 0 Å². The predicted octanol–water partition coefficient (Wildman–Crippen LogP) is 3.47. The molecule has 0 spiro atoms. The number of nitrogens with one attached hydrogen (secondary N) is 1. The summed E-state index contributed by atoms with van der Waals surface area (Å²) in [6.07, 6.45) is 2.25. The smallest absolute Gasteiger partial charge is 0.243 e. The number of amides is 1. The number of rotatable bonds is 8. The molecule has 0 bridgehead atoms. The summed E-state index contributed by atoms with van der Waals surface area (Å²) in [6.45, 7) is 1.92. The van der Waals surface area contributed by atoms with Gasteiger partial charge >= 0.3 is 0 Å². The lowest BCUT2D eigenvalue weighted by atomic mass is 10.1. The third-order valence-corrected chi connectivity index (χ3v) is 6.23. The normalized spacial score (nSPS) is 11.4. The average molecular weight is 410 g/mol. The van der Waals surface area contributed by atoms with Crippen LogP contribution in [-0.4, -0.2) is 30.2 Å². The van der Waals surface area contributed by atoms with Crippen molar-refractivity contribution in [3.05, 3.63) is 90.3 Å². The molecule has 1 amide bonds. The molecular weight excluding hydrogens is 386 g/mol. The first-order valence-electron chi connectivity index (χ1n) is 9.27. The Morgan fingerprint density at radius 2 is 1.66 bits per heavy atom. The van der Waals surface area contributed by atoms with E-state index in [2.05, 4.69) is 10.3 Å². The summed E-state index contributed by atoms with van der Waals surface area (Å²) >= 11 is 0. The first-order chi connectivity index (χ1) is 13.9. The zero-order valence-corrected chi connectivity index (χ0v) is 17.0. The highest BCUT2D eigenvalue weighted by molar-refractivity contribution is 7.89. The molecule has 0 atom stereocenters. The van der Waals surface area contributed by atoms with Crippen LogP contribution < -0.4 is 5.32 Å². The van der Waals surface area contributed by atoms with Crippen molar-refractivity contribution in [3.63, 3.8) is 0 Å². The van der Waals surface area contributed by atoms with Crippen LogP contribution in [0.15, 0.2) is 83.9 Å². The lowest BCUT2D eigenvalue weighted by Crippen LogP contribution is -2.33. The van der Waals surface area contributed by atoms with E-state index < -0.39 is 10.0 Å². The number of sulfonamides is 1. The van der Waals surface area contributed by atoms with E-state index in [1.165, 1.54) is 23.4 Å². The maximum atomic E-state index is 13.3. The molecule has 0 unspecified atom stereocenters. The van der Waals surface area contributed by atoms with Gasteiger partial charge in [0.2, 0.25) is 15.9 Å². The van der Waals surface area contributed by atoms with Crippen molar-refractivity contribution in [1.29, 1.82) is 0 Å². The molecule has 2 aromatic carbocycles. The fourth-order valence-electron chi connectivity index (χ4n) is 2.92. The number of pyridine rings is 1. The summed E-state index contributed by atoms with van der Waals surface area (Å²) in [5.74, 6) is -0.208. The van der Waals surface area contributed by atoms with Gasteiger partial charge in [-0.2, -0.15) is 4.31 Å². The minimum absolute atomic E-state index is 0.176. The highest BCUT2D eigenvalue weighted by Crippen LogP contribution is 2.21. The third kappa shape index (κ3) is 5.73. The van der Waals surface area contributed by atoms with Crippen LogP contribution in [0.5, 0.6) is 0 Å². The Kier molecular flexibility index (Phi) is 6.74. The van der Waals surface area contributed by atoms with Gasteiger partial charge in [0, 0.05) is 25.4 Å². The molecule has 7 heteroatoms. The molecule has 150 valence electrons. The Morgan fingerprint density at radius 1 is 0.966 bits per heavy atom. The van der Waals surface area contributed by atoms with E-state index in [0.717, 1.165) is 5.56 Å². The van der Waals surface area contributed by atoms with Gasteiger partial charge in [0.15, 0.2) is 0 Å². The van der Waals surface area contributed by atoms with Gasteiger partial charge in [-0.3, -0.25) is 9.78 Å². The van der Waals surface area contributed by atoms with Crippen molar-refractivity contribution in [1.82, 2.24) is 9.29 Å². The zero-order chi connectivity index (χ0) is 20.7. The van der Waals surface area contributed by atoms with Gasteiger partial charge in [0.05, 0.1) is 17.1 Å². The third-order valence-electron chi connectivity index (χ3n) is 4.37. The molecule has 0 radical (unpaired) electrons. The fraction of sp³-hybridized carbons (Fsp3) is 0.182. The van der Waals surface area contributed by atoms with Gasteiger partial charge in [-0.1, -0.05) is 36.4 Å². The van der Waals surface area contributed by atoms with Crippen LogP contribution in [0.4, 0.5) is 5.69 Å². The lowest BCUT2D eigenvalue weighted by Gasteiger charge is -2.22. The summed E-state index contributed by atoms with van der Waals surface area (Å²) in [5.41, 5.74) is 2.30. The average Bonchev–Trinajstić information content (AvgIpc) is 2.72. The van der Waals surface area contributed by atoms with Gasteiger partial charge in [-0.05, 0) is 48.4 Å². The molecule has 3 rings (SSSR count). The second-order valence-electron chi connectivity index (χ2n) is 6.60.